The van der Waals surface area contributed by atoms with Crippen LogP contribution in [0.25, 0.3) is 0 Å². The van der Waals surface area contributed by atoms with E-state index in [0.717, 1.165) is 48.6 Å². The van der Waals surface area contributed by atoms with E-state index in [-0.39, 0.29) is 35.1 Å². The van der Waals surface area contributed by atoms with Gasteiger partial charge in [-0.1, -0.05) is 39.3 Å². The number of nitrogens with zero attached hydrogens (tertiary/aromatic N) is 4. The number of pyridine rings is 1. The average molecular weight is 522 g/mol. The number of carbonyl (C=O) groups is 2. The molecule has 0 radical (unpaired) electrons. The van der Waals surface area contributed by atoms with Crippen LogP contribution in [0.15, 0.2) is 36.5 Å². The molecule has 2 fully saturated rings. The number of fused-ring (bicyclic) bond motifs is 1. The standard InChI is InChI=1S/C30H40FN5O2/c1-5-21-12-27(37)35(16-21)17-25-14-32-20(2)15-34(25)18-28(38)36-19-30(3,4)29-26(36)11-23(13-33-29)10-22-6-8-24(31)9-7-22/h6-9,11,13,20-21,25,32H,5,10,12,14-19H2,1-4H3/t20-,21-,25-/m1/s1. The van der Waals surface area contributed by atoms with Gasteiger partial charge in [-0.25, -0.2) is 4.39 Å². The number of rotatable bonds is 7. The first-order valence-electron chi connectivity index (χ1n) is 13.9. The lowest BCUT2D eigenvalue weighted by Crippen LogP contribution is -2.61. The Labute approximate surface area is 225 Å². The number of likely N-dealkylation sites (tertiary alicyclic amines) is 1. The van der Waals surface area contributed by atoms with Crippen molar-refractivity contribution in [3.8, 4) is 0 Å². The minimum Gasteiger partial charge on any atom is -0.341 e. The van der Waals surface area contributed by atoms with E-state index in [1.165, 1.54) is 12.1 Å². The molecule has 0 aliphatic carbocycles. The predicted octanol–water partition coefficient (Wildman–Crippen LogP) is 3.36. The second-order valence-corrected chi connectivity index (χ2v) is 12.0. The smallest absolute Gasteiger partial charge is 0.241 e. The second-order valence-electron chi connectivity index (χ2n) is 12.0. The summed E-state index contributed by atoms with van der Waals surface area (Å²) in [4.78, 5) is 37.4. The Hall–Kier alpha value is -2.84. The lowest BCUT2D eigenvalue weighted by atomic mass is 9.91. The summed E-state index contributed by atoms with van der Waals surface area (Å²) in [6, 6.07) is 8.97. The van der Waals surface area contributed by atoms with E-state index >= 15 is 0 Å². The summed E-state index contributed by atoms with van der Waals surface area (Å²) in [6.45, 7) is 12.5. The molecule has 1 aromatic heterocycles. The lowest BCUT2D eigenvalue weighted by Gasteiger charge is -2.41. The van der Waals surface area contributed by atoms with Crippen LogP contribution in [-0.4, -0.2) is 78.0 Å². The lowest BCUT2D eigenvalue weighted by molar-refractivity contribution is -0.128. The summed E-state index contributed by atoms with van der Waals surface area (Å²) in [5.74, 6) is 0.486. The normalized spacial score (nSPS) is 25.2. The fourth-order valence-electron chi connectivity index (χ4n) is 6.16. The molecule has 1 aromatic carbocycles. The first kappa shape index (κ1) is 26.8. The summed E-state index contributed by atoms with van der Waals surface area (Å²) in [5.41, 5.74) is 3.57. The zero-order chi connectivity index (χ0) is 27.0. The Kier molecular flexibility index (Phi) is 7.56. The van der Waals surface area contributed by atoms with E-state index in [4.69, 9.17) is 4.98 Å². The van der Waals surface area contributed by atoms with E-state index in [2.05, 4.69) is 44.0 Å². The van der Waals surface area contributed by atoms with Crippen LogP contribution in [0, 0.1) is 11.7 Å². The Morgan fingerprint density at radius 3 is 2.66 bits per heavy atom. The fourth-order valence-corrected chi connectivity index (χ4v) is 6.16. The van der Waals surface area contributed by atoms with Crippen LogP contribution < -0.4 is 10.2 Å². The zero-order valence-electron chi connectivity index (χ0n) is 23.0. The number of hydrogen-bond donors (Lipinski definition) is 1. The van der Waals surface area contributed by atoms with Gasteiger partial charge in [0.05, 0.1) is 17.9 Å². The molecular weight excluding hydrogens is 481 g/mol. The van der Waals surface area contributed by atoms with Crippen LogP contribution in [0.5, 0.6) is 0 Å². The van der Waals surface area contributed by atoms with Crippen molar-refractivity contribution in [1.29, 1.82) is 0 Å². The van der Waals surface area contributed by atoms with Crippen molar-refractivity contribution in [1.82, 2.24) is 20.1 Å². The van der Waals surface area contributed by atoms with Crippen molar-refractivity contribution >= 4 is 17.5 Å². The molecule has 1 N–H and O–H groups in total. The first-order valence-corrected chi connectivity index (χ1v) is 13.9. The third-order valence-electron chi connectivity index (χ3n) is 8.40. The van der Waals surface area contributed by atoms with Gasteiger partial charge in [0.2, 0.25) is 11.8 Å². The van der Waals surface area contributed by atoms with Gasteiger partial charge in [0.15, 0.2) is 0 Å². The minimum absolute atomic E-state index is 0.0656. The van der Waals surface area contributed by atoms with Crippen LogP contribution in [0.4, 0.5) is 10.1 Å². The van der Waals surface area contributed by atoms with Crippen molar-refractivity contribution in [3.05, 3.63) is 59.2 Å². The highest BCUT2D eigenvalue weighted by molar-refractivity contribution is 5.97. The maximum atomic E-state index is 13.8. The predicted molar refractivity (Wildman–Crippen MR) is 147 cm³/mol. The molecule has 204 valence electrons. The van der Waals surface area contributed by atoms with Crippen molar-refractivity contribution in [2.45, 2.75) is 64.5 Å². The van der Waals surface area contributed by atoms with Gasteiger partial charge >= 0.3 is 0 Å². The molecule has 38 heavy (non-hydrogen) atoms. The van der Waals surface area contributed by atoms with Gasteiger partial charge in [-0.05, 0) is 48.6 Å². The van der Waals surface area contributed by atoms with Gasteiger partial charge in [-0.15, -0.1) is 0 Å². The molecule has 3 aliphatic rings. The van der Waals surface area contributed by atoms with Crippen molar-refractivity contribution in [3.63, 3.8) is 0 Å². The van der Waals surface area contributed by atoms with Gasteiger partial charge in [0.25, 0.3) is 0 Å². The Morgan fingerprint density at radius 1 is 1.18 bits per heavy atom. The molecule has 0 spiro atoms. The summed E-state index contributed by atoms with van der Waals surface area (Å²) in [7, 11) is 0. The Balaban J connectivity index is 1.32. The number of carbonyl (C=O) groups excluding carboxylic acids is 2. The van der Waals surface area contributed by atoms with Crippen molar-refractivity contribution in [2.75, 3.05) is 44.2 Å². The highest BCUT2D eigenvalue weighted by Crippen LogP contribution is 2.40. The Bertz CT molecular complexity index is 1180. The number of piperazine rings is 1. The van der Waals surface area contributed by atoms with Gasteiger partial charge in [0.1, 0.15) is 5.82 Å². The summed E-state index contributed by atoms with van der Waals surface area (Å²) < 4.78 is 13.4. The van der Waals surface area contributed by atoms with Crippen LogP contribution in [-0.2, 0) is 21.4 Å². The molecule has 7 nitrogen and oxygen atoms in total. The van der Waals surface area contributed by atoms with Crippen molar-refractivity contribution < 1.29 is 14.0 Å². The SMILES string of the molecule is CC[C@@H]1CC(=O)N(C[C@H]2CN[C@H](C)CN2CC(=O)N2CC(C)(C)c3ncc(Cc4ccc(F)cc4)cc32)C1. The molecule has 0 saturated carbocycles. The van der Waals surface area contributed by atoms with Gasteiger partial charge < -0.3 is 15.1 Å². The summed E-state index contributed by atoms with van der Waals surface area (Å²) in [6.07, 6.45) is 4.16. The molecule has 3 atom stereocenters. The number of amides is 2. The van der Waals surface area contributed by atoms with E-state index < -0.39 is 0 Å². The third-order valence-corrected chi connectivity index (χ3v) is 8.40. The number of benzene rings is 1. The molecule has 2 aromatic rings. The molecule has 3 aliphatic heterocycles. The second kappa shape index (κ2) is 10.7. The summed E-state index contributed by atoms with van der Waals surface area (Å²) in [5, 5.41) is 3.54. The first-order chi connectivity index (χ1) is 18.1. The van der Waals surface area contributed by atoms with Crippen molar-refractivity contribution in [2.24, 2.45) is 5.92 Å². The molecule has 5 rings (SSSR count). The number of anilines is 1. The van der Waals surface area contributed by atoms with Crippen LogP contribution in [0.3, 0.4) is 0 Å². The van der Waals surface area contributed by atoms with Crippen LogP contribution in [0.1, 0.15) is 57.4 Å². The van der Waals surface area contributed by atoms with E-state index in [1.54, 1.807) is 12.1 Å². The molecule has 4 heterocycles. The zero-order valence-corrected chi connectivity index (χ0v) is 23.0. The highest BCUT2D eigenvalue weighted by atomic mass is 19.1. The Morgan fingerprint density at radius 2 is 1.95 bits per heavy atom. The van der Waals surface area contributed by atoms with Gasteiger partial charge in [-0.3, -0.25) is 19.5 Å². The maximum Gasteiger partial charge on any atom is 0.241 e. The fraction of sp³-hybridized carbons (Fsp3) is 0.567. The molecular formula is C30H40FN5O2. The minimum atomic E-state index is -0.251. The molecule has 2 amide bonds. The summed E-state index contributed by atoms with van der Waals surface area (Å²) >= 11 is 0. The quantitative estimate of drug-likeness (QED) is 0.605. The van der Waals surface area contributed by atoms with E-state index in [1.807, 2.05) is 16.0 Å². The largest absolute Gasteiger partial charge is 0.341 e. The molecule has 0 bridgehead atoms. The molecule has 0 unspecified atom stereocenters. The third kappa shape index (κ3) is 5.61. The monoisotopic (exact) mass is 521 g/mol. The number of nitrogens with one attached hydrogen (secondary N) is 1. The van der Waals surface area contributed by atoms with E-state index in [0.29, 0.717) is 38.4 Å². The maximum absolute atomic E-state index is 13.8. The highest BCUT2D eigenvalue weighted by Gasteiger charge is 2.41. The topological polar surface area (TPSA) is 68.8 Å². The van der Waals surface area contributed by atoms with Crippen LogP contribution >= 0.6 is 0 Å². The van der Waals surface area contributed by atoms with Gasteiger partial charge in [-0.2, -0.15) is 0 Å². The average Bonchev–Trinajstić information content (AvgIpc) is 3.37. The van der Waals surface area contributed by atoms with E-state index in [9.17, 15) is 14.0 Å². The molecule has 2 saturated heterocycles. The molecule has 8 heteroatoms. The number of halogens is 1. The van der Waals surface area contributed by atoms with Crippen LogP contribution in [0.2, 0.25) is 0 Å². The number of aromatic nitrogens is 1. The van der Waals surface area contributed by atoms with Gasteiger partial charge in [0, 0.05) is 62.8 Å². The number of hydrogen-bond acceptors (Lipinski definition) is 5.